The molecule has 0 spiro atoms. The molecule has 1 aliphatic rings. The Morgan fingerprint density at radius 2 is 2.18 bits per heavy atom. The molecular weight excluding hydrogens is 222 g/mol. The van der Waals surface area contributed by atoms with Crippen molar-refractivity contribution >= 4 is 11.9 Å². The molecule has 1 heterocycles. The number of carboxylic acid groups (broad SMARTS) is 1. The highest BCUT2D eigenvalue weighted by Gasteiger charge is 2.33. The van der Waals surface area contributed by atoms with E-state index >= 15 is 0 Å². The first-order chi connectivity index (χ1) is 8.09. The summed E-state index contributed by atoms with van der Waals surface area (Å²) in [5.74, 6) is -0.637. The number of hydrogen-bond acceptors (Lipinski definition) is 5. The molecule has 0 saturated heterocycles. The van der Waals surface area contributed by atoms with E-state index in [4.69, 9.17) is 9.63 Å². The van der Waals surface area contributed by atoms with Crippen LogP contribution in [0.4, 0.5) is 5.95 Å². The van der Waals surface area contributed by atoms with Crippen LogP contribution in [0.25, 0.3) is 0 Å². The lowest BCUT2D eigenvalue weighted by Gasteiger charge is -2.21. The molecule has 0 amide bonds. The third kappa shape index (κ3) is 2.30. The Kier molecular flexibility index (Phi) is 3.12. The first-order valence-electron chi connectivity index (χ1n) is 5.48. The SMILES string of the molecule is CN(C)c1noc([C@@H]2CC=CC[C@@H]2C(=O)O)n1. The number of carboxylic acids is 1. The third-order valence-electron chi connectivity index (χ3n) is 2.90. The van der Waals surface area contributed by atoms with Gasteiger partial charge in [-0.2, -0.15) is 4.98 Å². The number of aromatic nitrogens is 2. The van der Waals surface area contributed by atoms with Crippen molar-refractivity contribution in [3.63, 3.8) is 0 Å². The molecule has 1 aromatic heterocycles. The second-order valence-corrected chi connectivity index (χ2v) is 4.32. The first kappa shape index (κ1) is 11.6. The van der Waals surface area contributed by atoms with Crippen LogP contribution >= 0.6 is 0 Å². The molecule has 0 aromatic carbocycles. The van der Waals surface area contributed by atoms with Crippen molar-refractivity contribution in [1.82, 2.24) is 10.1 Å². The zero-order valence-corrected chi connectivity index (χ0v) is 9.83. The van der Waals surface area contributed by atoms with Crippen LogP contribution in [-0.2, 0) is 4.79 Å². The molecule has 6 nitrogen and oxygen atoms in total. The summed E-state index contributed by atoms with van der Waals surface area (Å²) in [6, 6.07) is 0. The second-order valence-electron chi connectivity index (χ2n) is 4.32. The molecule has 1 aromatic rings. The highest BCUT2D eigenvalue weighted by Crippen LogP contribution is 2.34. The molecule has 2 atom stereocenters. The van der Waals surface area contributed by atoms with Gasteiger partial charge >= 0.3 is 5.97 Å². The minimum absolute atomic E-state index is 0.223. The Bertz CT molecular complexity index is 439. The zero-order valence-electron chi connectivity index (χ0n) is 9.83. The molecular formula is C11H15N3O3. The van der Waals surface area contributed by atoms with Gasteiger partial charge in [-0.05, 0) is 18.0 Å². The molecule has 1 N–H and O–H groups in total. The van der Waals surface area contributed by atoms with Crippen LogP contribution in [0.2, 0.25) is 0 Å². The number of hydrogen-bond donors (Lipinski definition) is 1. The minimum Gasteiger partial charge on any atom is -0.481 e. The van der Waals surface area contributed by atoms with Crippen molar-refractivity contribution in [1.29, 1.82) is 0 Å². The first-order valence-corrected chi connectivity index (χ1v) is 5.48. The van der Waals surface area contributed by atoms with Crippen LogP contribution in [0.5, 0.6) is 0 Å². The molecule has 1 aliphatic carbocycles. The molecule has 0 bridgehead atoms. The topological polar surface area (TPSA) is 79.5 Å². The zero-order chi connectivity index (χ0) is 12.4. The van der Waals surface area contributed by atoms with Crippen molar-refractivity contribution in [3.05, 3.63) is 18.0 Å². The van der Waals surface area contributed by atoms with E-state index < -0.39 is 11.9 Å². The summed E-state index contributed by atoms with van der Waals surface area (Å²) in [7, 11) is 3.62. The molecule has 17 heavy (non-hydrogen) atoms. The maximum Gasteiger partial charge on any atom is 0.307 e. The predicted molar refractivity (Wildman–Crippen MR) is 60.9 cm³/mol. The van der Waals surface area contributed by atoms with Crippen molar-refractivity contribution in [2.45, 2.75) is 18.8 Å². The number of allylic oxidation sites excluding steroid dienone is 2. The smallest absolute Gasteiger partial charge is 0.307 e. The van der Waals surface area contributed by atoms with E-state index in [9.17, 15) is 4.79 Å². The number of aliphatic carboxylic acids is 1. The van der Waals surface area contributed by atoms with Gasteiger partial charge in [-0.15, -0.1) is 0 Å². The summed E-state index contributed by atoms with van der Waals surface area (Å²) in [6.07, 6.45) is 4.99. The molecule has 92 valence electrons. The van der Waals surface area contributed by atoms with E-state index in [0.717, 1.165) is 0 Å². The lowest BCUT2D eigenvalue weighted by Crippen LogP contribution is -2.23. The summed E-state index contributed by atoms with van der Waals surface area (Å²) in [5, 5.41) is 13.0. The van der Waals surface area contributed by atoms with E-state index in [1.807, 2.05) is 26.2 Å². The molecule has 0 unspecified atom stereocenters. The largest absolute Gasteiger partial charge is 0.481 e. The van der Waals surface area contributed by atoms with Crippen LogP contribution in [-0.4, -0.2) is 35.3 Å². The molecule has 0 fully saturated rings. The van der Waals surface area contributed by atoms with Crippen LogP contribution < -0.4 is 4.90 Å². The summed E-state index contributed by atoms with van der Waals surface area (Å²) >= 11 is 0. The van der Waals surface area contributed by atoms with E-state index in [1.165, 1.54) is 0 Å². The Morgan fingerprint density at radius 3 is 2.76 bits per heavy atom. The fourth-order valence-electron chi connectivity index (χ4n) is 1.92. The maximum absolute atomic E-state index is 11.1. The molecule has 6 heteroatoms. The van der Waals surface area contributed by atoms with Crippen molar-refractivity contribution in [3.8, 4) is 0 Å². The normalized spacial score (nSPS) is 23.6. The van der Waals surface area contributed by atoms with E-state index in [-0.39, 0.29) is 5.92 Å². The molecule has 0 aliphatic heterocycles. The monoisotopic (exact) mass is 237 g/mol. The lowest BCUT2D eigenvalue weighted by atomic mass is 9.83. The third-order valence-corrected chi connectivity index (χ3v) is 2.90. The fourth-order valence-corrected chi connectivity index (χ4v) is 1.92. The van der Waals surface area contributed by atoms with Crippen LogP contribution in [0, 0.1) is 5.92 Å². The van der Waals surface area contributed by atoms with Gasteiger partial charge in [0.15, 0.2) is 0 Å². The fraction of sp³-hybridized carbons (Fsp3) is 0.545. The van der Waals surface area contributed by atoms with Gasteiger partial charge in [0.25, 0.3) is 5.95 Å². The quantitative estimate of drug-likeness (QED) is 0.797. The summed E-state index contributed by atoms with van der Waals surface area (Å²) in [6.45, 7) is 0. The van der Waals surface area contributed by atoms with E-state index in [0.29, 0.717) is 24.7 Å². The highest BCUT2D eigenvalue weighted by atomic mass is 16.5. The number of carbonyl (C=O) groups is 1. The van der Waals surface area contributed by atoms with Gasteiger partial charge in [-0.1, -0.05) is 12.2 Å². The summed E-state index contributed by atoms with van der Waals surface area (Å²) in [5.41, 5.74) is 0. The average Bonchev–Trinajstić information content (AvgIpc) is 2.78. The Balaban J connectivity index is 2.24. The Hall–Kier alpha value is -1.85. The van der Waals surface area contributed by atoms with Crippen LogP contribution in [0.1, 0.15) is 24.7 Å². The number of rotatable bonds is 3. The van der Waals surface area contributed by atoms with E-state index in [2.05, 4.69) is 10.1 Å². The summed E-state index contributed by atoms with van der Waals surface area (Å²) in [4.78, 5) is 17.1. The Labute approximate surface area is 98.9 Å². The molecule has 0 radical (unpaired) electrons. The van der Waals surface area contributed by atoms with Gasteiger partial charge in [0.2, 0.25) is 5.89 Å². The van der Waals surface area contributed by atoms with Gasteiger partial charge < -0.3 is 14.5 Å². The predicted octanol–water partition coefficient (Wildman–Crippen LogP) is 1.27. The van der Waals surface area contributed by atoms with Crippen molar-refractivity contribution in [2.24, 2.45) is 5.92 Å². The highest BCUT2D eigenvalue weighted by molar-refractivity contribution is 5.71. The number of nitrogens with zero attached hydrogens (tertiary/aromatic N) is 3. The summed E-state index contributed by atoms with van der Waals surface area (Å²) < 4.78 is 5.15. The van der Waals surface area contributed by atoms with Gasteiger partial charge in [0.1, 0.15) is 0 Å². The van der Waals surface area contributed by atoms with Gasteiger partial charge in [0.05, 0.1) is 11.8 Å². The minimum atomic E-state index is -0.816. The number of anilines is 1. The van der Waals surface area contributed by atoms with Crippen molar-refractivity contribution < 1.29 is 14.4 Å². The van der Waals surface area contributed by atoms with Crippen LogP contribution in [0.15, 0.2) is 16.7 Å². The molecule has 2 rings (SSSR count). The van der Waals surface area contributed by atoms with E-state index in [1.54, 1.807) is 4.90 Å². The van der Waals surface area contributed by atoms with Crippen molar-refractivity contribution in [2.75, 3.05) is 19.0 Å². The maximum atomic E-state index is 11.1. The average molecular weight is 237 g/mol. The standard InChI is InChI=1S/C11H15N3O3/c1-14(2)11-12-9(17-13-11)7-5-3-4-6-8(7)10(15)16/h3-4,7-8H,5-6H2,1-2H3,(H,15,16)/t7-,8+/m1/s1. The lowest BCUT2D eigenvalue weighted by molar-refractivity contribution is -0.142. The Morgan fingerprint density at radius 1 is 1.47 bits per heavy atom. The van der Waals surface area contributed by atoms with Gasteiger partial charge in [0, 0.05) is 14.1 Å². The van der Waals surface area contributed by atoms with Crippen LogP contribution in [0.3, 0.4) is 0 Å². The molecule has 0 saturated carbocycles. The van der Waals surface area contributed by atoms with Gasteiger partial charge in [-0.25, -0.2) is 0 Å². The second kappa shape index (κ2) is 4.57. The van der Waals surface area contributed by atoms with Gasteiger partial charge in [-0.3, -0.25) is 4.79 Å².